The van der Waals surface area contributed by atoms with Crippen LogP contribution in [0.2, 0.25) is 0 Å². The van der Waals surface area contributed by atoms with Gasteiger partial charge in [0.15, 0.2) is 0 Å². The summed E-state index contributed by atoms with van der Waals surface area (Å²) < 4.78 is 10.8. The maximum Gasteiger partial charge on any atom is 0.417 e. The highest BCUT2D eigenvalue weighted by atomic mass is 16.6. The van der Waals surface area contributed by atoms with Gasteiger partial charge < -0.3 is 14.8 Å². The van der Waals surface area contributed by atoms with E-state index in [1.165, 1.54) is 0 Å². The molecule has 2 aromatic carbocycles. The van der Waals surface area contributed by atoms with Gasteiger partial charge in [-0.25, -0.2) is 9.69 Å². The average Bonchev–Trinajstić information content (AvgIpc) is 2.78. The van der Waals surface area contributed by atoms with Crippen molar-refractivity contribution in [2.45, 2.75) is 32.8 Å². The van der Waals surface area contributed by atoms with E-state index in [4.69, 9.17) is 14.5 Å². The number of anilines is 2. The molecule has 0 saturated carbocycles. The Morgan fingerprint density at radius 3 is 2.52 bits per heavy atom. The van der Waals surface area contributed by atoms with E-state index < -0.39 is 17.6 Å². The Hall–Kier alpha value is -3.87. The van der Waals surface area contributed by atoms with Crippen LogP contribution in [-0.4, -0.2) is 41.1 Å². The zero-order valence-electron chi connectivity index (χ0n) is 19.2. The normalized spacial score (nSPS) is 13.3. The Morgan fingerprint density at radius 2 is 1.82 bits per heavy atom. The molecule has 33 heavy (non-hydrogen) atoms. The summed E-state index contributed by atoms with van der Waals surface area (Å²) in [4.78, 5) is 32.1. The number of aromatic nitrogens is 1. The first-order valence-corrected chi connectivity index (χ1v) is 10.8. The lowest BCUT2D eigenvalue weighted by Crippen LogP contribution is -2.45. The van der Waals surface area contributed by atoms with Crippen molar-refractivity contribution in [3.05, 3.63) is 71.9 Å². The Kier molecular flexibility index (Phi) is 6.05. The number of imide groups is 1. The molecule has 2 amide bonds. The molecule has 1 aliphatic heterocycles. The van der Waals surface area contributed by atoms with Crippen molar-refractivity contribution in [3.8, 4) is 17.0 Å². The number of carbonyl (C=O) groups is 2. The van der Waals surface area contributed by atoms with E-state index in [2.05, 4.69) is 5.32 Å². The van der Waals surface area contributed by atoms with Gasteiger partial charge in [0, 0.05) is 30.3 Å². The predicted octanol–water partition coefficient (Wildman–Crippen LogP) is 5.43. The number of ether oxygens (including phenoxy) is 2. The second-order valence-corrected chi connectivity index (χ2v) is 8.79. The lowest BCUT2D eigenvalue weighted by Gasteiger charge is -2.30. The monoisotopic (exact) mass is 445 g/mol. The van der Waals surface area contributed by atoms with E-state index in [-0.39, 0.29) is 6.54 Å². The number of amides is 2. The first kappa shape index (κ1) is 22.3. The summed E-state index contributed by atoms with van der Waals surface area (Å²) in [5.41, 5.74) is 3.33. The van der Waals surface area contributed by atoms with Crippen LogP contribution in [0.15, 0.2) is 60.7 Å². The molecule has 0 saturated heterocycles. The summed E-state index contributed by atoms with van der Waals surface area (Å²) in [5.74, 6) is 0.260. The molecule has 0 bridgehead atoms. The van der Waals surface area contributed by atoms with E-state index in [0.717, 1.165) is 21.8 Å². The first-order valence-electron chi connectivity index (χ1n) is 10.8. The van der Waals surface area contributed by atoms with Gasteiger partial charge in [0.05, 0.1) is 29.7 Å². The Balaban J connectivity index is 1.78. The number of methoxy groups -OCH3 is 1. The SMILES string of the molecule is COc1cccc(Nc2cc(-c3ccccc3)nc3c2C(=O)N(C(=O)OC(C)(C)C)CC3)c1. The van der Waals surface area contributed by atoms with Gasteiger partial charge in [0.2, 0.25) is 0 Å². The van der Waals surface area contributed by atoms with Gasteiger partial charge in [-0.15, -0.1) is 0 Å². The molecule has 0 atom stereocenters. The molecule has 7 nitrogen and oxygen atoms in total. The van der Waals surface area contributed by atoms with E-state index >= 15 is 0 Å². The third-order valence-corrected chi connectivity index (χ3v) is 5.16. The van der Waals surface area contributed by atoms with Crippen LogP contribution in [0.5, 0.6) is 5.75 Å². The summed E-state index contributed by atoms with van der Waals surface area (Å²) in [6, 6.07) is 19.1. The summed E-state index contributed by atoms with van der Waals surface area (Å²) in [6.07, 6.45) is -0.217. The quantitative estimate of drug-likeness (QED) is 0.576. The minimum absolute atomic E-state index is 0.213. The fourth-order valence-electron chi connectivity index (χ4n) is 3.67. The molecule has 4 rings (SSSR count). The first-order chi connectivity index (χ1) is 15.7. The topological polar surface area (TPSA) is 80.8 Å². The molecule has 0 spiro atoms. The van der Waals surface area contributed by atoms with Gasteiger partial charge in [-0.05, 0) is 39.0 Å². The molecule has 170 valence electrons. The van der Waals surface area contributed by atoms with Crippen LogP contribution in [0.1, 0.15) is 36.8 Å². The number of carbonyl (C=O) groups excluding carboxylic acids is 2. The molecular weight excluding hydrogens is 418 g/mol. The van der Waals surface area contributed by atoms with E-state index in [1.54, 1.807) is 27.9 Å². The zero-order chi connectivity index (χ0) is 23.6. The van der Waals surface area contributed by atoms with Crippen molar-refractivity contribution in [1.29, 1.82) is 0 Å². The predicted molar refractivity (Wildman–Crippen MR) is 127 cm³/mol. The van der Waals surface area contributed by atoms with Crippen LogP contribution in [0.4, 0.5) is 16.2 Å². The van der Waals surface area contributed by atoms with Gasteiger partial charge in [-0.2, -0.15) is 0 Å². The van der Waals surface area contributed by atoms with Gasteiger partial charge in [-0.3, -0.25) is 9.78 Å². The van der Waals surface area contributed by atoms with Gasteiger partial charge in [-0.1, -0.05) is 36.4 Å². The van der Waals surface area contributed by atoms with Crippen LogP contribution < -0.4 is 10.1 Å². The number of nitrogens with one attached hydrogen (secondary N) is 1. The molecule has 0 aliphatic carbocycles. The maximum absolute atomic E-state index is 13.4. The Labute approximate surface area is 193 Å². The number of benzene rings is 2. The zero-order valence-corrected chi connectivity index (χ0v) is 19.2. The van der Waals surface area contributed by atoms with Crippen molar-refractivity contribution in [3.63, 3.8) is 0 Å². The summed E-state index contributed by atoms with van der Waals surface area (Å²) in [7, 11) is 1.60. The number of fused-ring (bicyclic) bond motifs is 1. The van der Waals surface area contributed by atoms with Crippen LogP contribution in [-0.2, 0) is 11.2 Å². The minimum Gasteiger partial charge on any atom is -0.497 e. The second-order valence-electron chi connectivity index (χ2n) is 8.79. The largest absolute Gasteiger partial charge is 0.497 e. The van der Waals surface area contributed by atoms with Crippen LogP contribution >= 0.6 is 0 Å². The van der Waals surface area contributed by atoms with Crippen molar-refractivity contribution in [1.82, 2.24) is 9.88 Å². The highest BCUT2D eigenvalue weighted by molar-refractivity contribution is 6.09. The summed E-state index contributed by atoms with van der Waals surface area (Å²) in [5, 5.41) is 3.34. The van der Waals surface area contributed by atoms with Gasteiger partial charge in [0.1, 0.15) is 11.4 Å². The van der Waals surface area contributed by atoms with Crippen molar-refractivity contribution in [2.75, 3.05) is 19.0 Å². The highest BCUT2D eigenvalue weighted by Crippen LogP contribution is 2.33. The molecule has 0 fully saturated rings. The third-order valence-electron chi connectivity index (χ3n) is 5.16. The lowest BCUT2D eigenvalue weighted by molar-refractivity contribution is 0.0233. The minimum atomic E-state index is -0.700. The summed E-state index contributed by atoms with van der Waals surface area (Å²) in [6.45, 7) is 5.54. The van der Waals surface area contributed by atoms with E-state index in [0.29, 0.717) is 29.1 Å². The van der Waals surface area contributed by atoms with E-state index in [9.17, 15) is 9.59 Å². The average molecular weight is 446 g/mol. The standard InChI is InChI=1S/C26H27N3O4/c1-26(2,3)33-25(31)29-14-13-20-23(24(29)30)22(27-18-11-8-12-19(15-18)32-4)16-21(28-20)17-9-6-5-7-10-17/h5-12,15-16H,13-14H2,1-4H3,(H,27,28). The molecular formula is C26H27N3O4. The number of hydrogen-bond donors (Lipinski definition) is 1. The molecule has 2 heterocycles. The smallest absolute Gasteiger partial charge is 0.417 e. The number of nitrogens with zero attached hydrogens (tertiary/aromatic N) is 2. The molecule has 1 aromatic heterocycles. The van der Waals surface area contributed by atoms with Crippen molar-refractivity contribution < 1.29 is 19.1 Å². The molecule has 7 heteroatoms. The Bertz CT molecular complexity index is 1190. The van der Waals surface area contributed by atoms with Gasteiger partial charge in [0.25, 0.3) is 5.91 Å². The van der Waals surface area contributed by atoms with Gasteiger partial charge >= 0.3 is 6.09 Å². The molecule has 0 unspecified atom stereocenters. The van der Waals surface area contributed by atoms with Crippen molar-refractivity contribution >= 4 is 23.4 Å². The lowest BCUT2D eigenvalue weighted by atomic mass is 10.00. The van der Waals surface area contributed by atoms with Crippen molar-refractivity contribution in [2.24, 2.45) is 0 Å². The molecule has 1 N–H and O–H groups in total. The molecule has 0 radical (unpaired) electrons. The van der Waals surface area contributed by atoms with E-state index in [1.807, 2.05) is 60.7 Å². The highest BCUT2D eigenvalue weighted by Gasteiger charge is 2.35. The number of rotatable bonds is 4. The second kappa shape index (κ2) is 8.94. The van der Waals surface area contributed by atoms with Crippen LogP contribution in [0, 0.1) is 0 Å². The summed E-state index contributed by atoms with van der Waals surface area (Å²) >= 11 is 0. The third kappa shape index (κ3) is 4.98. The Morgan fingerprint density at radius 1 is 1.06 bits per heavy atom. The fraction of sp³-hybridized carbons (Fsp3) is 0.269. The molecule has 3 aromatic rings. The number of pyridine rings is 1. The van der Waals surface area contributed by atoms with Crippen LogP contribution in [0.25, 0.3) is 11.3 Å². The number of hydrogen-bond acceptors (Lipinski definition) is 6. The van der Waals surface area contributed by atoms with Crippen LogP contribution in [0.3, 0.4) is 0 Å². The maximum atomic E-state index is 13.4. The fourth-order valence-corrected chi connectivity index (χ4v) is 3.67. The molecule has 1 aliphatic rings.